The quantitative estimate of drug-likeness (QED) is 0.839. The molecule has 1 aromatic rings. The fourth-order valence-corrected chi connectivity index (χ4v) is 3.53. The van der Waals surface area contributed by atoms with Crippen LogP contribution < -0.4 is 11.1 Å². The van der Waals surface area contributed by atoms with Crippen LogP contribution in [0.15, 0.2) is 16.6 Å². The van der Waals surface area contributed by atoms with E-state index in [1.54, 1.807) is 0 Å². The molecule has 0 bridgehead atoms. The van der Waals surface area contributed by atoms with E-state index in [0.29, 0.717) is 12.6 Å². The van der Waals surface area contributed by atoms with Gasteiger partial charge in [0.2, 0.25) is 0 Å². The van der Waals surface area contributed by atoms with E-state index in [9.17, 15) is 0 Å². The molecular formula is C17H27BrN2. The molecule has 1 unspecified atom stereocenters. The monoisotopic (exact) mass is 338 g/mol. The van der Waals surface area contributed by atoms with Crippen molar-refractivity contribution in [2.75, 3.05) is 11.9 Å². The molecule has 0 radical (unpaired) electrons. The predicted molar refractivity (Wildman–Crippen MR) is 91.2 cm³/mol. The number of hydrogen-bond acceptors (Lipinski definition) is 2. The standard InChI is InChI=1S/C17H27BrN2/c1-11-4-6-14(7-5-11)16(10-19)20-15-8-12(2)17(18)13(3)9-15/h8-9,11,14,16,20H,4-7,10,19H2,1-3H3. The Labute approximate surface area is 131 Å². The molecule has 2 nitrogen and oxygen atoms in total. The van der Waals surface area contributed by atoms with Crippen molar-refractivity contribution in [1.29, 1.82) is 0 Å². The summed E-state index contributed by atoms with van der Waals surface area (Å²) in [4.78, 5) is 0. The van der Waals surface area contributed by atoms with Crippen LogP contribution in [-0.2, 0) is 0 Å². The number of halogens is 1. The topological polar surface area (TPSA) is 38.0 Å². The molecule has 112 valence electrons. The van der Waals surface area contributed by atoms with Crippen molar-refractivity contribution >= 4 is 21.6 Å². The number of benzene rings is 1. The van der Waals surface area contributed by atoms with Gasteiger partial charge < -0.3 is 11.1 Å². The lowest BCUT2D eigenvalue weighted by molar-refractivity contribution is 0.265. The van der Waals surface area contributed by atoms with Gasteiger partial charge in [0.15, 0.2) is 0 Å². The van der Waals surface area contributed by atoms with E-state index in [1.165, 1.54) is 47.0 Å². The molecule has 1 aliphatic rings. The molecule has 2 rings (SSSR count). The summed E-state index contributed by atoms with van der Waals surface area (Å²) < 4.78 is 1.21. The third-order valence-electron chi connectivity index (χ3n) is 4.67. The van der Waals surface area contributed by atoms with Crippen LogP contribution in [0.4, 0.5) is 5.69 Å². The fraction of sp³-hybridized carbons (Fsp3) is 0.647. The summed E-state index contributed by atoms with van der Waals surface area (Å²) in [6.07, 6.45) is 5.32. The van der Waals surface area contributed by atoms with Crippen LogP contribution in [0.5, 0.6) is 0 Å². The molecule has 1 fully saturated rings. The Bertz CT molecular complexity index is 427. The van der Waals surface area contributed by atoms with Gasteiger partial charge in [-0.25, -0.2) is 0 Å². The molecule has 0 saturated heterocycles. The van der Waals surface area contributed by atoms with Crippen molar-refractivity contribution in [2.45, 2.75) is 52.5 Å². The molecule has 1 saturated carbocycles. The second-order valence-corrected chi connectivity index (χ2v) is 7.22. The summed E-state index contributed by atoms with van der Waals surface area (Å²) in [6.45, 7) is 7.36. The lowest BCUT2D eigenvalue weighted by atomic mass is 9.79. The van der Waals surface area contributed by atoms with Gasteiger partial charge in [0, 0.05) is 22.7 Å². The van der Waals surface area contributed by atoms with Crippen LogP contribution in [0.1, 0.15) is 43.7 Å². The van der Waals surface area contributed by atoms with Crippen molar-refractivity contribution in [3.05, 3.63) is 27.7 Å². The second kappa shape index (κ2) is 6.95. The van der Waals surface area contributed by atoms with E-state index in [0.717, 1.165) is 11.8 Å². The average molecular weight is 339 g/mol. The fourth-order valence-electron chi connectivity index (χ4n) is 3.30. The summed E-state index contributed by atoms with van der Waals surface area (Å²) in [5, 5.41) is 3.68. The van der Waals surface area contributed by atoms with Crippen LogP contribution in [0, 0.1) is 25.7 Å². The Morgan fingerprint density at radius 3 is 2.25 bits per heavy atom. The normalized spacial score (nSPS) is 24.4. The van der Waals surface area contributed by atoms with E-state index in [-0.39, 0.29) is 0 Å². The third kappa shape index (κ3) is 3.76. The first-order valence-electron chi connectivity index (χ1n) is 7.74. The van der Waals surface area contributed by atoms with Crippen molar-refractivity contribution in [1.82, 2.24) is 0 Å². The highest BCUT2D eigenvalue weighted by molar-refractivity contribution is 9.10. The Morgan fingerprint density at radius 1 is 1.20 bits per heavy atom. The zero-order valence-electron chi connectivity index (χ0n) is 12.9. The summed E-state index contributed by atoms with van der Waals surface area (Å²) in [5.74, 6) is 1.61. The maximum atomic E-state index is 6.02. The SMILES string of the molecule is Cc1cc(NC(CN)C2CCC(C)CC2)cc(C)c1Br. The van der Waals surface area contributed by atoms with E-state index in [2.05, 4.69) is 54.2 Å². The van der Waals surface area contributed by atoms with Crippen molar-refractivity contribution in [2.24, 2.45) is 17.6 Å². The van der Waals surface area contributed by atoms with Gasteiger partial charge in [-0.3, -0.25) is 0 Å². The summed E-state index contributed by atoms with van der Waals surface area (Å²) in [5.41, 5.74) is 9.78. The summed E-state index contributed by atoms with van der Waals surface area (Å²) >= 11 is 3.63. The molecule has 3 N–H and O–H groups in total. The van der Waals surface area contributed by atoms with E-state index in [4.69, 9.17) is 5.73 Å². The highest BCUT2D eigenvalue weighted by Gasteiger charge is 2.25. The highest BCUT2D eigenvalue weighted by Crippen LogP contribution is 2.32. The maximum absolute atomic E-state index is 6.02. The average Bonchev–Trinajstić information content (AvgIpc) is 2.43. The van der Waals surface area contributed by atoms with E-state index in [1.807, 2.05) is 0 Å². The maximum Gasteiger partial charge on any atom is 0.0411 e. The number of nitrogens with one attached hydrogen (secondary N) is 1. The van der Waals surface area contributed by atoms with Gasteiger partial charge in [-0.05, 0) is 61.8 Å². The number of anilines is 1. The van der Waals surface area contributed by atoms with Gasteiger partial charge in [-0.1, -0.05) is 35.7 Å². The van der Waals surface area contributed by atoms with Crippen molar-refractivity contribution in [3.8, 4) is 0 Å². The van der Waals surface area contributed by atoms with E-state index >= 15 is 0 Å². The number of nitrogens with two attached hydrogens (primary N) is 1. The summed E-state index contributed by atoms with van der Waals surface area (Å²) in [6, 6.07) is 4.83. The van der Waals surface area contributed by atoms with Crippen LogP contribution in [0.25, 0.3) is 0 Å². The summed E-state index contributed by atoms with van der Waals surface area (Å²) in [7, 11) is 0. The van der Waals surface area contributed by atoms with Crippen molar-refractivity contribution in [3.63, 3.8) is 0 Å². The molecule has 1 aliphatic carbocycles. The van der Waals surface area contributed by atoms with Crippen LogP contribution in [-0.4, -0.2) is 12.6 Å². The minimum atomic E-state index is 0.405. The lowest BCUT2D eigenvalue weighted by Crippen LogP contribution is -2.38. The highest BCUT2D eigenvalue weighted by atomic mass is 79.9. The van der Waals surface area contributed by atoms with Crippen LogP contribution in [0.3, 0.4) is 0 Å². The van der Waals surface area contributed by atoms with E-state index < -0.39 is 0 Å². The second-order valence-electron chi connectivity index (χ2n) is 6.43. The van der Waals surface area contributed by atoms with Gasteiger partial charge in [0.25, 0.3) is 0 Å². The zero-order chi connectivity index (χ0) is 14.7. The van der Waals surface area contributed by atoms with Crippen LogP contribution >= 0.6 is 15.9 Å². The molecular weight excluding hydrogens is 312 g/mol. The molecule has 1 aromatic carbocycles. The molecule has 0 spiro atoms. The molecule has 20 heavy (non-hydrogen) atoms. The van der Waals surface area contributed by atoms with Gasteiger partial charge in [-0.15, -0.1) is 0 Å². The number of rotatable bonds is 4. The molecule has 3 heteroatoms. The Morgan fingerprint density at radius 2 is 1.75 bits per heavy atom. The van der Waals surface area contributed by atoms with Gasteiger partial charge in [0.1, 0.15) is 0 Å². The third-order valence-corrected chi connectivity index (χ3v) is 5.92. The Kier molecular flexibility index (Phi) is 5.50. The zero-order valence-corrected chi connectivity index (χ0v) is 14.5. The van der Waals surface area contributed by atoms with Gasteiger partial charge in [0.05, 0.1) is 0 Å². The Hall–Kier alpha value is -0.540. The van der Waals surface area contributed by atoms with Crippen LogP contribution in [0.2, 0.25) is 0 Å². The first-order valence-corrected chi connectivity index (χ1v) is 8.54. The largest absolute Gasteiger partial charge is 0.381 e. The molecule has 0 heterocycles. The lowest BCUT2D eigenvalue weighted by Gasteiger charge is -2.33. The molecule has 0 amide bonds. The first-order chi connectivity index (χ1) is 9.51. The van der Waals surface area contributed by atoms with Gasteiger partial charge in [-0.2, -0.15) is 0 Å². The first kappa shape index (κ1) is 15.8. The molecule has 0 aliphatic heterocycles. The smallest absolute Gasteiger partial charge is 0.0411 e. The Balaban J connectivity index is 2.06. The van der Waals surface area contributed by atoms with Crippen molar-refractivity contribution < 1.29 is 0 Å². The minimum absolute atomic E-state index is 0.405. The predicted octanol–water partition coefficient (Wildman–Crippen LogP) is 4.63. The number of aryl methyl sites for hydroxylation is 2. The van der Waals surface area contributed by atoms with Gasteiger partial charge >= 0.3 is 0 Å². The minimum Gasteiger partial charge on any atom is -0.381 e. The molecule has 1 atom stereocenters. The number of hydrogen-bond donors (Lipinski definition) is 2. The molecule has 0 aromatic heterocycles.